The highest BCUT2D eigenvalue weighted by atomic mass is 32.1. The van der Waals surface area contributed by atoms with Gasteiger partial charge in [-0.2, -0.15) is 16.4 Å². The predicted octanol–water partition coefficient (Wildman–Crippen LogP) is 5.02. The summed E-state index contributed by atoms with van der Waals surface area (Å²) in [5, 5.41) is 13.0. The SMILES string of the molecule is C1=CCc2[nH]c(-c3n[nH]c4cnc(-c5cncnc5)cc34)cc2C(c2ccsc2)=C1. The van der Waals surface area contributed by atoms with Gasteiger partial charge in [0.1, 0.15) is 12.0 Å². The Hall–Kier alpha value is -3.84. The Morgan fingerprint density at radius 2 is 1.97 bits per heavy atom. The van der Waals surface area contributed by atoms with Crippen LogP contribution < -0.4 is 0 Å². The van der Waals surface area contributed by atoms with E-state index in [9.17, 15) is 0 Å². The molecule has 5 aromatic heterocycles. The Morgan fingerprint density at radius 3 is 2.83 bits per heavy atom. The van der Waals surface area contributed by atoms with Crippen LogP contribution in [0.5, 0.6) is 0 Å². The summed E-state index contributed by atoms with van der Waals surface area (Å²) in [6, 6.07) is 6.40. The molecule has 1 aliphatic carbocycles. The fraction of sp³-hybridized carbons (Fsp3) is 0.0435. The molecule has 30 heavy (non-hydrogen) atoms. The first kappa shape index (κ1) is 17.1. The fourth-order valence-corrected chi connectivity index (χ4v) is 4.50. The number of nitrogens with zero attached hydrogens (tertiary/aromatic N) is 4. The van der Waals surface area contributed by atoms with Crippen molar-refractivity contribution in [3.8, 4) is 22.6 Å². The molecule has 7 heteroatoms. The zero-order valence-electron chi connectivity index (χ0n) is 15.8. The summed E-state index contributed by atoms with van der Waals surface area (Å²) in [6.45, 7) is 0. The zero-order chi connectivity index (χ0) is 19.9. The molecule has 0 saturated heterocycles. The first-order chi connectivity index (χ1) is 14.9. The largest absolute Gasteiger partial charge is 0.356 e. The molecule has 0 amide bonds. The van der Waals surface area contributed by atoms with E-state index < -0.39 is 0 Å². The highest BCUT2D eigenvalue weighted by Crippen LogP contribution is 2.35. The average Bonchev–Trinajstić information content (AvgIpc) is 3.52. The van der Waals surface area contributed by atoms with Gasteiger partial charge in [0, 0.05) is 41.0 Å². The number of hydrogen-bond donors (Lipinski definition) is 2. The van der Waals surface area contributed by atoms with Gasteiger partial charge in [0.2, 0.25) is 0 Å². The quantitative estimate of drug-likeness (QED) is 0.439. The molecule has 5 heterocycles. The van der Waals surface area contributed by atoms with E-state index >= 15 is 0 Å². The lowest BCUT2D eigenvalue weighted by atomic mass is 10.00. The third-order valence-corrected chi connectivity index (χ3v) is 5.98. The van der Waals surface area contributed by atoms with Crippen molar-refractivity contribution in [2.75, 3.05) is 0 Å². The van der Waals surface area contributed by atoms with Gasteiger partial charge in [-0.15, -0.1) is 0 Å². The Bertz CT molecular complexity index is 1410. The van der Waals surface area contributed by atoms with Crippen molar-refractivity contribution in [2.24, 2.45) is 0 Å². The van der Waals surface area contributed by atoms with Crippen molar-refractivity contribution in [3.63, 3.8) is 0 Å². The maximum absolute atomic E-state index is 4.59. The van der Waals surface area contributed by atoms with Gasteiger partial charge in [0.15, 0.2) is 0 Å². The summed E-state index contributed by atoms with van der Waals surface area (Å²) >= 11 is 1.71. The van der Waals surface area contributed by atoms with Gasteiger partial charge in [-0.25, -0.2) is 9.97 Å². The number of hydrogen-bond acceptors (Lipinski definition) is 5. The second-order valence-electron chi connectivity index (χ2n) is 7.11. The van der Waals surface area contributed by atoms with Crippen LogP contribution >= 0.6 is 11.3 Å². The van der Waals surface area contributed by atoms with Crippen LogP contribution in [0.15, 0.2) is 72.1 Å². The maximum atomic E-state index is 4.59. The predicted molar refractivity (Wildman–Crippen MR) is 119 cm³/mol. The van der Waals surface area contributed by atoms with E-state index in [1.165, 1.54) is 28.7 Å². The number of H-pyrrole nitrogens is 2. The third-order valence-electron chi connectivity index (χ3n) is 5.30. The molecule has 0 aromatic carbocycles. The van der Waals surface area contributed by atoms with Crippen molar-refractivity contribution in [2.45, 2.75) is 6.42 Å². The standard InChI is InChI=1S/C23H16N6S/c1-2-4-19-17(16(3-1)14-5-6-30-12-14)7-21(27-19)23-18-8-20(15-9-24-13-25-10-15)26-11-22(18)28-29-23/h1-3,5-13,27H,4H2,(H,28,29). The summed E-state index contributed by atoms with van der Waals surface area (Å²) in [4.78, 5) is 16.3. The van der Waals surface area contributed by atoms with Crippen LogP contribution in [0.25, 0.3) is 39.1 Å². The molecule has 144 valence electrons. The molecule has 0 unspecified atom stereocenters. The number of fused-ring (bicyclic) bond motifs is 2. The van der Waals surface area contributed by atoms with E-state index in [0.29, 0.717) is 0 Å². The van der Waals surface area contributed by atoms with E-state index in [-0.39, 0.29) is 0 Å². The molecule has 0 spiro atoms. The summed E-state index contributed by atoms with van der Waals surface area (Å²) in [6.07, 6.45) is 14.2. The molecule has 0 bridgehead atoms. The topological polar surface area (TPSA) is 83.1 Å². The van der Waals surface area contributed by atoms with Crippen LogP contribution in [0.4, 0.5) is 0 Å². The minimum atomic E-state index is 0.820. The minimum absolute atomic E-state index is 0.820. The van der Waals surface area contributed by atoms with Crippen molar-refractivity contribution in [1.29, 1.82) is 0 Å². The molecule has 6 rings (SSSR count). The summed E-state index contributed by atoms with van der Waals surface area (Å²) < 4.78 is 0. The summed E-state index contributed by atoms with van der Waals surface area (Å²) in [7, 11) is 0. The number of aromatic amines is 2. The zero-order valence-corrected chi connectivity index (χ0v) is 16.6. The normalized spacial score (nSPS) is 13.3. The van der Waals surface area contributed by atoms with Gasteiger partial charge in [0.25, 0.3) is 0 Å². The van der Waals surface area contributed by atoms with Crippen LogP contribution in [0.2, 0.25) is 0 Å². The Labute approximate surface area is 176 Å². The van der Waals surface area contributed by atoms with Crippen LogP contribution in [0.1, 0.15) is 16.8 Å². The van der Waals surface area contributed by atoms with Crippen molar-refractivity contribution in [3.05, 3.63) is 88.9 Å². The van der Waals surface area contributed by atoms with Crippen LogP contribution in [-0.4, -0.2) is 30.1 Å². The molecular formula is C23H16N6S. The number of rotatable bonds is 3. The number of allylic oxidation sites excluding steroid dienone is 3. The van der Waals surface area contributed by atoms with Crippen LogP contribution in [0, 0.1) is 0 Å². The highest BCUT2D eigenvalue weighted by Gasteiger charge is 2.19. The van der Waals surface area contributed by atoms with Crippen molar-refractivity contribution < 1.29 is 0 Å². The summed E-state index contributed by atoms with van der Waals surface area (Å²) in [5.41, 5.74) is 9.34. The molecule has 0 aliphatic heterocycles. The van der Waals surface area contributed by atoms with Gasteiger partial charge in [0.05, 0.1) is 23.1 Å². The van der Waals surface area contributed by atoms with E-state index in [4.69, 9.17) is 0 Å². The van der Waals surface area contributed by atoms with Gasteiger partial charge in [-0.3, -0.25) is 10.1 Å². The lowest BCUT2D eigenvalue weighted by Gasteiger charge is -2.03. The molecule has 2 N–H and O–H groups in total. The van der Waals surface area contributed by atoms with Crippen LogP contribution in [0.3, 0.4) is 0 Å². The molecule has 0 atom stereocenters. The Balaban J connectivity index is 1.48. The molecule has 0 radical (unpaired) electrons. The van der Waals surface area contributed by atoms with E-state index in [1.807, 2.05) is 12.3 Å². The highest BCUT2D eigenvalue weighted by molar-refractivity contribution is 7.08. The Morgan fingerprint density at radius 1 is 1.03 bits per heavy atom. The van der Waals surface area contributed by atoms with Crippen molar-refractivity contribution in [1.82, 2.24) is 30.1 Å². The van der Waals surface area contributed by atoms with Gasteiger partial charge >= 0.3 is 0 Å². The van der Waals surface area contributed by atoms with E-state index in [1.54, 1.807) is 23.7 Å². The lowest BCUT2D eigenvalue weighted by molar-refractivity contribution is 1.10. The average molecular weight is 408 g/mol. The molecule has 1 aliphatic rings. The third kappa shape index (κ3) is 2.79. The maximum Gasteiger partial charge on any atom is 0.116 e. The number of nitrogens with one attached hydrogen (secondary N) is 2. The van der Waals surface area contributed by atoms with Gasteiger partial charge in [-0.05, 0) is 40.1 Å². The first-order valence-electron chi connectivity index (χ1n) is 9.58. The van der Waals surface area contributed by atoms with Crippen molar-refractivity contribution >= 4 is 27.8 Å². The molecule has 0 saturated carbocycles. The smallest absolute Gasteiger partial charge is 0.116 e. The van der Waals surface area contributed by atoms with Crippen LogP contribution in [-0.2, 0) is 6.42 Å². The van der Waals surface area contributed by atoms with Gasteiger partial charge in [-0.1, -0.05) is 18.2 Å². The minimum Gasteiger partial charge on any atom is -0.356 e. The monoisotopic (exact) mass is 408 g/mol. The second kappa shape index (κ2) is 6.89. The second-order valence-corrected chi connectivity index (χ2v) is 7.89. The Kier molecular flexibility index (Phi) is 3.92. The first-order valence-corrected chi connectivity index (χ1v) is 10.5. The molecule has 6 nitrogen and oxygen atoms in total. The summed E-state index contributed by atoms with van der Waals surface area (Å²) in [5.74, 6) is 0. The van der Waals surface area contributed by atoms with E-state index in [0.717, 1.165) is 40.0 Å². The molecule has 5 aromatic rings. The van der Waals surface area contributed by atoms with E-state index in [2.05, 4.69) is 71.3 Å². The number of pyridine rings is 1. The fourth-order valence-electron chi connectivity index (χ4n) is 3.85. The lowest BCUT2D eigenvalue weighted by Crippen LogP contribution is -1.88. The molecular weight excluding hydrogens is 392 g/mol. The number of thiophene rings is 1. The van der Waals surface area contributed by atoms with Gasteiger partial charge < -0.3 is 4.98 Å². The number of aromatic nitrogens is 6. The molecule has 0 fully saturated rings.